The highest BCUT2D eigenvalue weighted by Crippen LogP contribution is 2.16. The van der Waals surface area contributed by atoms with Crippen molar-refractivity contribution in [3.05, 3.63) is 23.8 Å². The number of rotatable bonds is 1. The van der Waals surface area contributed by atoms with Gasteiger partial charge in [0.25, 0.3) is 0 Å². The summed E-state index contributed by atoms with van der Waals surface area (Å²) >= 11 is 0. The summed E-state index contributed by atoms with van der Waals surface area (Å²) in [6, 6.07) is 5.30. The van der Waals surface area contributed by atoms with Crippen molar-refractivity contribution in [3.8, 4) is 0 Å². The van der Waals surface area contributed by atoms with E-state index in [4.69, 9.17) is 0 Å². The van der Waals surface area contributed by atoms with Gasteiger partial charge in [0.15, 0.2) is 5.56 Å². The summed E-state index contributed by atoms with van der Waals surface area (Å²) in [5.41, 5.74) is 9.17. The quantitative estimate of drug-likeness (QED) is 0.464. The average molecular weight is 342 g/mol. The zero-order chi connectivity index (χ0) is 18.1. The number of hydrogen-bond donors (Lipinski definition) is 2. The first kappa shape index (κ1) is 22.5. The second kappa shape index (κ2) is 9.25. The van der Waals surface area contributed by atoms with Crippen LogP contribution in [0.1, 0.15) is 10.4 Å². The zero-order valence-corrected chi connectivity index (χ0v) is 11.1. The Kier molecular flexibility index (Phi) is 9.44. The summed E-state index contributed by atoms with van der Waals surface area (Å²) in [5, 5.41) is 0. The molecule has 1 rings (SSSR count). The topological polar surface area (TPSA) is 81.6 Å². The van der Waals surface area contributed by atoms with Crippen LogP contribution in [0.5, 0.6) is 0 Å². The molecule has 0 spiro atoms. The van der Waals surface area contributed by atoms with E-state index in [-0.39, 0.29) is 5.97 Å². The van der Waals surface area contributed by atoms with Gasteiger partial charge in [0.2, 0.25) is 0 Å². The van der Waals surface area contributed by atoms with Crippen molar-refractivity contribution >= 4 is 31.9 Å². The summed E-state index contributed by atoms with van der Waals surface area (Å²) < 4.78 is 82.6. The van der Waals surface area contributed by atoms with Crippen molar-refractivity contribution in [2.75, 3.05) is 7.11 Å². The second-order valence-corrected chi connectivity index (χ2v) is 3.43. The first-order valence-corrected chi connectivity index (χ1v) is 5.26. The highest BCUT2D eigenvalue weighted by atomic mass is 19.5. The highest BCUT2D eigenvalue weighted by molar-refractivity contribution is 6.50. The molecule has 0 bridgehead atoms. The molecule has 22 heavy (non-hydrogen) atoms. The van der Waals surface area contributed by atoms with Crippen LogP contribution in [-0.4, -0.2) is 27.6 Å². The van der Waals surface area contributed by atoms with E-state index in [1.807, 2.05) is 0 Å². The molecular formula is C8H12B2F8N2O2. The Labute approximate surface area is 119 Å². The van der Waals surface area contributed by atoms with Crippen LogP contribution in [0.2, 0.25) is 0 Å². The van der Waals surface area contributed by atoms with Gasteiger partial charge in [0.1, 0.15) is 11.4 Å². The largest absolute Gasteiger partial charge is 0.673 e. The maximum Gasteiger partial charge on any atom is 0.673 e. The standard InChI is InChI=1S/C8H10N2O2.2BF4/c1-12-8(11)7-5(9)3-2-4-6(7)10;2*2-1(3,4)5/h2-4H,9-10H2,1H3;;/q;2*-1/p+2. The van der Waals surface area contributed by atoms with Gasteiger partial charge in [-0.3, -0.25) is 0 Å². The predicted molar refractivity (Wildman–Crippen MR) is 63.2 cm³/mol. The van der Waals surface area contributed by atoms with Gasteiger partial charge >= 0.3 is 20.5 Å². The van der Waals surface area contributed by atoms with Gasteiger partial charge in [-0.15, -0.1) is 0 Å². The molecule has 0 atom stereocenters. The minimum atomic E-state index is -6.00. The molecule has 0 amide bonds. The molecule has 14 heteroatoms. The fourth-order valence-electron chi connectivity index (χ4n) is 1.02. The molecule has 0 aromatic heterocycles. The van der Waals surface area contributed by atoms with Crippen LogP contribution in [0.15, 0.2) is 18.2 Å². The van der Waals surface area contributed by atoms with Gasteiger partial charge < -0.3 is 50.7 Å². The van der Waals surface area contributed by atoms with E-state index in [1.54, 1.807) is 18.2 Å². The van der Waals surface area contributed by atoms with E-state index in [0.717, 1.165) is 0 Å². The summed E-state index contributed by atoms with van der Waals surface area (Å²) in [6.07, 6.45) is 0. The number of esters is 1. The molecule has 0 unspecified atom stereocenters. The average Bonchev–Trinajstić information content (AvgIpc) is 2.23. The maximum atomic E-state index is 11.2. The number of methoxy groups -OCH3 is 1. The number of halogens is 8. The molecule has 1 aromatic carbocycles. The lowest BCUT2D eigenvalue weighted by atomic mass is 10.1. The van der Waals surface area contributed by atoms with Crippen molar-refractivity contribution < 1.29 is 55.5 Å². The van der Waals surface area contributed by atoms with E-state index in [1.165, 1.54) is 7.11 Å². The lowest BCUT2D eigenvalue weighted by molar-refractivity contribution is -0.266. The van der Waals surface area contributed by atoms with E-state index in [2.05, 4.69) is 16.2 Å². The zero-order valence-electron chi connectivity index (χ0n) is 11.1. The fourth-order valence-corrected chi connectivity index (χ4v) is 1.02. The van der Waals surface area contributed by atoms with Crippen molar-refractivity contribution in [1.82, 2.24) is 0 Å². The summed E-state index contributed by atoms with van der Waals surface area (Å²) in [6.45, 7) is 0. The monoisotopic (exact) mass is 342 g/mol. The third-order valence-corrected chi connectivity index (χ3v) is 1.63. The SMILES string of the molecule is COC(=O)c1c([NH3+])cccc1[NH3+].F[B-](F)(F)F.F[B-](F)(F)F. The fraction of sp³-hybridized carbons (Fsp3) is 0.125. The molecule has 128 valence electrons. The number of quaternary nitrogens is 2. The Morgan fingerprint density at radius 3 is 1.41 bits per heavy atom. The number of ether oxygens (including phenoxy) is 1. The third-order valence-electron chi connectivity index (χ3n) is 1.63. The Balaban J connectivity index is 0. The Hall–Kier alpha value is -1.82. The highest BCUT2D eigenvalue weighted by Gasteiger charge is 2.21. The van der Waals surface area contributed by atoms with Crippen LogP contribution in [0.25, 0.3) is 0 Å². The number of carbonyl (C=O) groups is 1. The lowest BCUT2D eigenvalue weighted by Crippen LogP contribution is -2.47. The Morgan fingerprint density at radius 2 is 1.18 bits per heavy atom. The van der Waals surface area contributed by atoms with Gasteiger partial charge in [-0.1, -0.05) is 6.07 Å². The Morgan fingerprint density at radius 1 is 0.909 bits per heavy atom. The number of hydrogen-bond acceptors (Lipinski definition) is 2. The minimum Gasteiger partial charge on any atom is -0.465 e. The molecule has 1 aromatic rings. The van der Waals surface area contributed by atoms with Crippen molar-refractivity contribution in [2.45, 2.75) is 0 Å². The lowest BCUT2D eigenvalue weighted by Gasteiger charge is -2.00. The predicted octanol–water partition coefficient (Wildman–Crippen LogP) is 1.82. The third kappa shape index (κ3) is 16.2. The molecule has 0 aliphatic heterocycles. The second-order valence-electron chi connectivity index (χ2n) is 3.43. The normalized spacial score (nSPS) is 10.7. The number of carbonyl (C=O) groups excluding carboxylic acids is 1. The van der Waals surface area contributed by atoms with Crippen molar-refractivity contribution in [2.24, 2.45) is 0 Å². The summed E-state index contributed by atoms with van der Waals surface area (Å²) in [5.74, 6) is -0.384. The van der Waals surface area contributed by atoms with Gasteiger partial charge in [-0.05, 0) is 0 Å². The van der Waals surface area contributed by atoms with Crippen molar-refractivity contribution in [3.63, 3.8) is 0 Å². The first-order chi connectivity index (χ1) is 9.66. The van der Waals surface area contributed by atoms with Gasteiger partial charge in [-0.2, -0.15) is 0 Å². The number of benzene rings is 1. The van der Waals surface area contributed by atoms with Gasteiger partial charge in [0, 0.05) is 12.1 Å². The molecule has 0 heterocycles. The molecule has 6 N–H and O–H groups in total. The van der Waals surface area contributed by atoms with Crippen LogP contribution in [0.3, 0.4) is 0 Å². The molecule has 0 aliphatic rings. The smallest absolute Gasteiger partial charge is 0.465 e. The van der Waals surface area contributed by atoms with Crippen LogP contribution in [0, 0.1) is 0 Å². The Bertz CT molecular complexity index is 436. The minimum absolute atomic E-state index is 0.384. The molecule has 4 nitrogen and oxygen atoms in total. The van der Waals surface area contributed by atoms with Crippen LogP contribution < -0.4 is 11.5 Å². The molecular weight excluding hydrogens is 330 g/mol. The summed E-state index contributed by atoms with van der Waals surface area (Å²) in [7, 11) is -10.7. The molecule has 0 aliphatic carbocycles. The van der Waals surface area contributed by atoms with E-state index < -0.39 is 14.5 Å². The summed E-state index contributed by atoms with van der Waals surface area (Å²) in [4.78, 5) is 11.2. The molecule has 0 radical (unpaired) electrons. The van der Waals surface area contributed by atoms with Crippen molar-refractivity contribution in [1.29, 1.82) is 0 Å². The van der Waals surface area contributed by atoms with Crippen LogP contribution in [-0.2, 0) is 4.74 Å². The van der Waals surface area contributed by atoms with E-state index in [0.29, 0.717) is 16.9 Å². The maximum absolute atomic E-state index is 11.2. The molecule has 0 saturated carbocycles. The molecule has 0 saturated heterocycles. The first-order valence-electron chi connectivity index (χ1n) is 5.26. The molecule has 0 fully saturated rings. The van der Waals surface area contributed by atoms with Crippen LogP contribution >= 0.6 is 0 Å². The van der Waals surface area contributed by atoms with Gasteiger partial charge in [0.05, 0.1) is 7.11 Å². The van der Waals surface area contributed by atoms with E-state index >= 15 is 0 Å². The van der Waals surface area contributed by atoms with E-state index in [9.17, 15) is 39.3 Å². The van der Waals surface area contributed by atoms with Gasteiger partial charge in [-0.25, -0.2) is 4.79 Å². The van der Waals surface area contributed by atoms with Crippen LogP contribution in [0.4, 0.5) is 45.9 Å².